The number of rotatable bonds is 6. The molecule has 0 aliphatic heterocycles. The maximum Gasteiger partial charge on any atom is 0.264 e. The summed E-state index contributed by atoms with van der Waals surface area (Å²) in [6, 6.07) is 21.1. The fourth-order valence-corrected chi connectivity index (χ4v) is 9.71. The highest BCUT2D eigenvalue weighted by atomic mass is 32.2. The lowest BCUT2D eigenvalue weighted by Crippen LogP contribution is -2.59. The lowest BCUT2D eigenvalue weighted by molar-refractivity contribution is -0.144. The zero-order chi connectivity index (χ0) is 20.9. The van der Waals surface area contributed by atoms with Gasteiger partial charge in [-0.1, -0.05) is 87.7 Å². The van der Waals surface area contributed by atoms with Gasteiger partial charge >= 0.3 is 0 Å². The summed E-state index contributed by atoms with van der Waals surface area (Å²) in [7, 11) is -3.49. The standard InChI is InChI=1S/C24H31O3PS/c1-24(2)18-15-22(24)21(23(16-18)27-29(4,25)26)17-28(3,19-11-7-5-8-12-19)20-13-9-6-10-14-20/h5-14,18,21-23H,3,15-17H2,1-2,4H3/t18-,21+,22+,23+/m1/s1. The van der Waals surface area contributed by atoms with Crippen LogP contribution in [0.3, 0.4) is 0 Å². The molecule has 0 saturated heterocycles. The van der Waals surface area contributed by atoms with Crippen molar-refractivity contribution in [2.75, 3.05) is 12.4 Å². The van der Waals surface area contributed by atoms with Crippen LogP contribution in [0.4, 0.5) is 0 Å². The second-order valence-corrected chi connectivity index (χ2v) is 14.4. The molecule has 0 amide bonds. The van der Waals surface area contributed by atoms with Crippen LogP contribution in [-0.4, -0.2) is 33.2 Å². The van der Waals surface area contributed by atoms with Gasteiger partial charge < -0.3 is 0 Å². The molecule has 3 nitrogen and oxygen atoms in total. The molecule has 29 heavy (non-hydrogen) atoms. The number of benzene rings is 2. The molecule has 3 saturated carbocycles. The van der Waals surface area contributed by atoms with E-state index in [1.54, 1.807) is 0 Å². The Balaban J connectivity index is 1.76. The molecule has 0 aromatic heterocycles. The Hall–Kier alpha value is -1.35. The van der Waals surface area contributed by atoms with E-state index >= 15 is 0 Å². The molecule has 4 atom stereocenters. The van der Waals surface area contributed by atoms with Crippen LogP contribution in [0.2, 0.25) is 0 Å². The van der Waals surface area contributed by atoms with E-state index in [2.05, 4.69) is 62.4 Å². The molecule has 2 bridgehead atoms. The summed E-state index contributed by atoms with van der Waals surface area (Å²) in [5.74, 6) is 1.21. The van der Waals surface area contributed by atoms with Gasteiger partial charge in [0.1, 0.15) is 0 Å². The summed E-state index contributed by atoms with van der Waals surface area (Å²) in [4.78, 5) is 0. The van der Waals surface area contributed by atoms with Crippen LogP contribution in [0.25, 0.3) is 0 Å². The smallest absolute Gasteiger partial charge is 0.264 e. The van der Waals surface area contributed by atoms with Crippen LogP contribution in [-0.2, 0) is 14.3 Å². The second-order valence-electron chi connectivity index (χ2n) is 9.42. The monoisotopic (exact) mass is 430 g/mol. The molecular formula is C24H31O3PS. The highest BCUT2D eigenvalue weighted by Crippen LogP contribution is 2.64. The van der Waals surface area contributed by atoms with E-state index in [-0.39, 0.29) is 17.4 Å². The first kappa shape index (κ1) is 20.9. The van der Waals surface area contributed by atoms with Crippen LogP contribution >= 0.6 is 6.89 Å². The molecule has 156 valence electrons. The van der Waals surface area contributed by atoms with E-state index in [9.17, 15) is 8.42 Å². The lowest BCUT2D eigenvalue weighted by Gasteiger charge is -2.62. The summed E-state index contributed by atoms with van der Waals surface area (Å²) in [6.07, 6.45) is 8.65. The maximum atomic E-state index is 12.0. The second kappa shape index (κ2) is 7.41. The Morgan fingerprint density at radius 3 is 1.97 bits per heavy atom. The lowest BCUT2D eigenvalue weighted by atomic mass is 9.45. The van der Waals surface area contributed by atoms with Crippen LogP contribution in [0.15, 0.2) is 60.7 Å². The van der Waals surface area contributed by atoms with Gasteiger partial charge in [0.25, 0.3) is 10.1 Å². The van der Waals surface area contributed by atoms with Gasteiger partial charge in [0, 0.05) is 0 Å². The van der Waals surface area contributed by atoms with E-state index in [1.807, 2.05) is 12.1 Å². The molecule has 0 N–H and O–H groups in total. The zero-order valence-electron chi connectivity index (χ0n) is 17.5. The number of fused-ring (bicyclic) bond motifs is 2. The fraction of sp³-hybridized carbons (Fsp3) is 0.458. The summed E-state index contributed by atoms with van der Waals surface area (Å²) in [6.45, 7) is 2.73. The van der Waals surface area contributed by atoms with Crippen molar-refractivity contribution in [3.63, 3.8) is 0 Å². The van der Waals surface area contributed by atoms with E-state index in [1.165, 1.54) is 23.3 Å². The Morgan fingerprint density at radius 1 is 1.00 bits per heavy atom. The van der Waals surface area contributed by atoms with Crippen molar-refractivity contribution in [1.82, 2.24) is 0 Å². The Labute approximate surface area is 175 Å². The molecular weight excluding hydrogens is 399 g/mol. The van der Waals surface area contributed by atoms with Crippen LogP contribution in [0, 0.1) is 23.2 Å². The van der Waals surface area contributed by atoms with Crippen LogP contribution < -0.4 is 10.6 Å². The molecule has 0 heterocycles. The average Bonchev–Trinajstić information content (AvgIpc) is 2.69. The molecule has 0 spiro atoms. The molecule has 5 heteroatoms. The van der Waals surface area contributed by atoms with Crippen molar-refractivity contribution in [3.8, 4) is 0 Å². The number of hydrogen-bond donors (Lipinski definition) is 0. The van der Waals surface area contributed by atoms with Gasteiger partial charge in [-0.2, -0.15) is 8.42 Å². The Kier molecular flexibility index (Phi) is 5.34. The molecule has 3 aliphatic carbocycles. The third-order valence-corrected chi connectivity index (χ3v) is 11.6. The van der Waals surface area contributed by atoms with Gasteiger partial charge in [-0.15, -0.1) is 0 Å². The minimum atomic E-state index is -3.49. The third kappa shape index (κ3) is 3.87. The largest absolute Gasteiger partial charge is 0.267 e. The summed E-state index contributed by atoms with van der Waals surface area (Å²) < 4.78 is 29.7. The summed E-state index contributed by atoms with van der Waals surface area (Å²) >= 11 is 0. The molecule has 0 radical (unpaired) electrons. The Bertz CT molecular complexity index is 971. The van der Waals surface area contributed by atoms with Gasteiger partial charge in [0.15, 0.2) is 0 Å². The average molecular weight is 431 g/mol. The quantitative estimate of drug-likeness (QED) is 0.512. The summed E-state index contributed by atoms with van der Waals surface area (Å²) in [5, 5.41) is 2.53. The van der Waals surface area contributed by atoms with E-state index in [4.69, 9.17) is 10.5 Å². The SMILES string of the molecule is C=P(C[C@@H]1[C@@H](OS(C)(=O)=O)C[C@H]2C[C@@H]1C2(C)C)(c1ccccc1)c1ccccc1. The highest BCUT2D eigenvalue weighted by molar-refractivity contribution is 7.87. The molecule has 5 rings (SSSR count). The van der Waals surface area contributed by atoms with Gasteiger partial charge in [0.2, 0.25) is 0 Å². The van der Waals surface area contributed by atoms with Gasteiger partial charge in [0.05, 0.1) is 12.4 Å². The highest BCUT2D eigenvalue weighted by Gasteiger charge is 2.59. The van der Waals surface area contributed by atoms with Gasteiger partial charge in [-0.25, -0.2) is 0 Å². The first-order chi connectivity index (χ1) is 13.6. The summed E-state index contributed by atoms with van der Waals surface area (Å²) in [5.41, 5.74) is 0.236. The van der Waals surface area contributed by atoms with E-state index < -0.39 is 17.0 Å². The first-order valence-electron chi connectivity index (χ1n) is 10.3. The normalized spacial score (nSPS) is 28.5. The minimum absolute atomic E-state index is 0.191. The molecule has 3 aliphatic rings. The number of hydrogen-bond acceptors (Lipinski definition) is 3. The van der Waals surface area contributed by atoms with Crippen molar-refractivity contribution in [2.24, 2.45) is 23.2 Å². The minimum Gasteiger partial charge on any atom is -0.267 e. The Morgan fingerprint density at radius 2 is 1.52 bits per heavy atom. The zero-order valence-corrected chi connectivity index (χ0v) is 19.2. The van der Waals surface area contributed by atoms with Gasteiger partial charge in [-0.3, -0.25) is 4.18 Å². The topological polar surface area (TPSA) is 43.4 Å². The third-order valence-electron chi connectivity index (χ3n) is 7.38. The predicted octanol–water partition coefficient (Wildman–Crippen LogP) is 4.11. The predicted molar refractivity (Wildman–Crippen MR) is 124 cm³/mol. The van der Waals surface area contributed by atoms with Crippen molar-refractivity contribution < 1.29 is 12.6 Å². The van der Waals surface area contributed by atoms with Crippen LogP contribution in [0.5, 0.6) is 0 Å². The van der Waals surface area contributed by atoms with Gasteiger partial charge in [-0.05, 0) is 52.8 Å². The fourth-order valence-electron chi connectivity index (χ4n) is 5.62. The van der Waals surface area contributed by atoms with E-state index in [0.717, 1.165) is 12.6 Å². The van der Waals surface area contributed by atoms with Crippen molar-refractivity contribution in [1.29, 1.82) is 0 Å². The van der Waals surface area contributed by atoms with Crippen molar-refractivity contribution >= 4 is 33.9 Å². The van der Waals surface area contributed by atoms with E-state index in [0.29, 0.717) is 11.8 Å². The molecule has 2 aromatic carbocycles. The molecule has 2 aromatic rings. The molecule has 3 fully saturated rings. The van der Waals surface area contributed by atoms with Crippen LogP contribution in [0.1, 0.15) is 26.7 Å². The van der Waals surface area contributed by atoms with Crippen molar-refractivity contribution in [2.45, 2.75) is 32.8 Å². The molecule has 0 unspecified atom stereocenters. The van der Waals surface area contributed by atoms with Crippen molar-refractivity contribution in [3.05, 3.63) is 60.7 Å². The first-order valence-corrected chi connectivity index (χ1v) is 14.3. The maximum absolute atomic E-state index is 12.0.